The van der Waals surface area contributed by atoms with Gasteiger partial charge in [0.2, 0.25) is 0 Å². The first-order chi connectivity index (χ1) is 1.73. The Morgan fingerprint density at radius 1 is 1.00 bits per heavy atom. The number of rotatable bonds is 0. The predicted molar refractivity (Wildman–Crippen MR) is 17.6 cm³/mol. The van der Waals surface area contributed by atoms with E-state index in [2.05, 4.69) is 0 Å². The molecule has 0 saturated heterocycles. The third-order valence-electron chi connectivity index (χ3n) is 0. The van der Waals surface area contributed by atoms with Gasteiger partial charge >= 0.3 is 41.4 Å². The SMILES string of the molecule is [Cl][Co]([Cl])[Cl].[Fe]. The molecular weight excluding hydrogens is 221 g/mol. The van der Waals surface area contributed by atoms with Gasteiger partial charge in [0.15, 0.2) is 0 Å². The van der Waals surface area contributed by atoms with Crippen LogP contribution in [0.5, 0.6) is 0 Å². The third kappa shape index (κ3) is 24.9. The van der Waals surface area contributed by atoms with Crippen molar-refractivity contribution < 1.29 is 28.0 Å². The fraction of sp³-hybridized carbons (Fsp3) is 0. The van der Waals surface area contributed by atoms with Crippen molar-refractivity contribution in [3.05, 3.63) is 0 Å². The van der Waals surface area contributed by atoms with Crippen LogP contribution in [0.3, 0.4) is 0 Å². The molecule has 0 fully saturated rings. The average molecular weight is 221 g/mol. The zero-order chi connectivity index (χ0) is 3.58. The Hall–Kier alpha value is 1.90. The van der Waals surface area contributed by atoms with Crippen LogP contribution in [-0.2, 0) is 28.0 Å². The minimum Gasteiger partial charge on any atom is 0 e. The van der Waals surface area contributed by atoms with Crippen molar-refractivity contribution in [2.45, 2.75) is 0 Å². The topological polar surface area (TPSA) is 0 Å². The van der Waals surface area contributed by atoms with E-state index in [0.29, 0.717) is 0 Å². The molecule has 0 aromatic carbocycles. The molecule has 0 bridgehead atoms. The molecule has 0 aliphatic heterocycles. The second kappa shape index (κ2) is 5.90. The Morgan fingerprint density at radius 3 is 1.00 bits per heavy atom. The van der Waals surface area contributed by atoms with Crippen LogP contribution >= 0.6 is 30.4 Å². The fourth-order valence-corrected chi connectivity index (χ4v) is 0. The van der Waals surface area contributed by atoms with E-state index in [1.807, 2.05) is 0 Å². The van der Waals surface area contributed by atoms with Crippen LogP contribution in [0.1, 0.15) is 0 Å². The van der Waals surface area contributed by atoms with Gasteiger partial charge < -0.3 is 0 Å². The minimum atomic E-state index is -1.19. The molecule has 0 atom stereocenters. The molecule has 0 amide bonds. The summed E-state index contributed by atoms with van der Waals surface area (Å²) in [5, 5.41) is 0. The van der Waals surface area contributed by atoms with E-state index >= 15 is 0 Å². The maximum atomic E-state index is 4.87. The van der Waals surface area contributed by atoms with Crippen LogP contribution in [0, 0.1) is 0 Å². The van der Waals surface area contributed by atoms with E-state index in [1.54, 1.807) is 0 Å². The second-order valence-corrected chi connectivity index (χ2v) is 5.30. The molecule has 0 saturated carbocycles. The van der Waals surface area contributed by atoms with Crippen LogP contribution in [-0.4, -0.2) is 0 Å². The van der Waals surface area contributed by atoms with Gasteiger partial charge in [0.25, 0.3) is 0 Å². The van der Waals surface area contributed by atoms with Crippen molar-refractivity contribution in [3.8, 4) is 0 Å². The summed E-state index contributed by atoms with van der Waals surface area (Å²) in [7, 11) is 13.4. The smallest absolute Gasteiger partial charge is 0 e. The molecule has 0 aliphatic carbocycles. The summed E-state index contributed by atoms with van der Waals surface area (Å²) in [6.07, 6.45) is 0. The van der Waals surface area contributed by atoms with Crippen LogP contribution in [0.15, 0.2) is 0 Å². The molecule has 0 N–H and O–H groups in total. The molecule has 0 aromatic heterocycles. The molecule has 0 spiro atoms. The average Bonchev–Trinajstić information content (AvgIpc) is 0.811. The zero-order valence-electron chi connectivity index (χ0n) is 1.82. The van der Waals surface area contributed by atoms with E-state index in [0.717, 1.165) is 0 Å². The number of halogens is 3. The van der Waals surface area contributed by atoms with Crippen molar-refractivity contribution in [3.63, 3.8) is 0 Å². The first-order valence-electron chi connectivity index (χ1n) is 0.378. The fourth-order valence-electron chi connectivity index (χ4n) is 0. The Labute approximate surface area is 58.1 Å². The first kappa shape index (κ1) is 10.0. The van der Waals surface area contributed by atoms with Gasteiger partial charge in [-0.3, -0.25) is 0 Å². The van der Waals surface area contributed by atoms with Crippen LogP contribution in [0.4, 0.5) is 0 Å². The molecule has 0 heterocycles. The van der Waals surface area contributed by atoms with Crippen LogP contribution < -0.4 is 0 Å². The largest absolute Gasteiger partial charge is 0 e. The predicted octanol–water partition coefficient (Wildman–Crippen LogP) is 2.06. The Balaban J connectivity index is 0. The monoisotopic (exact) mass is 220 g/mol. The molecule has 0 radical (unpaired) electrons. The number of hydrogen-bond donors (Lipinski definition) is 0. The summed E-state index contributed by atoms with van der Waals surface area (Å²) >= 11 is 0. The summed E-state index contributed by atoms with van der Waals surface area (Å²) in [5.41, 5.74) is 0. The van der Waals surface area contributed by atoms with Gasteiger partial charge in [-0.1, -0.05) is 0 Å². The van der Waals surface area contributed by atoms with Crippen LogP contribution in [0.2, 0.25) is 0 Å². The standard InChI is InChI=1S/3ClH.Co.Fe/h3*1H;;/q;;;+3;/p-3. The molecule has 0 rings (SSSR count). The summed E-state index contributed by atoms with van der Waals surface area (Å²) < 4.78 is 0. The van der Waals surface area contributed by atoms with E-state index in [4.69, 9.17) is 30.4 Å². The van der Waals surface area contributed by atoms with Gasteiger partial charge in [0.05, 0.1) is 0 Å². The van der Waals surface area contributed by atoms with Crippen molar-refractivity contribution in [1.82, 2.24) is 0 Å². The Morgan fingerprint density at radius 2 is 1.00 bits per heavy atom. The molecule has 0 aromatic rings. The Kier molecular flexibility index (Phi) is 11.8. The molecule has 0 unspecified atom stereocenters. The van der Waals surface area contributed by atoms with Gasteiger partial charge in [-0.25, -0.2) is 0 Å². The Bertz CT molecular complexity index is 11.6. The third-order valence-corrected chi connectivity index (χ3v) is 0. The summed E-state index contributed by atoms with van der Waals surface area (Å²) in [6.45, 7) is 0. The summed E-state index contributed by atoms with van der Waals surface area (Å²) in [6, 6.07) is 0. The van der Waals surface area contributed by atoms with Crippen molar-refractivity contribution in [2.75, 3.05) is 0 Å². The van der Waals surface area contributed by atoms with Crippen molar-refractivity contribution in [1.29, 1.82) is 0 Å². The maximum absolute atomic E-state index is 4.87. The zero-order valence-corrected chi connectivity index (χ0v) is 6.23. The van der Waals surface area contributed by atoms with E-state index in [-0.39, 0.29) is 17.1 Å². The maximum Gasteiger partial charge on any atom is 0 e. The van der Waals surface area contributed by atoms with Crippen molar-refractivity contribution >= 4 is 30.4 Å². The number of hydrogen-bond acceptors (Lipinski definition) is 0. The summed E-state index contributed by atoms with van der Waals surface area (Å²) in [5.74, 6) is 0. The second-order valence-electron chi connectivity index (χ2n) is 0.143. The van der Waals surface area contributed by atoms with Crippen LogP contribution in [0.25, 0.3) is 0 Å². The summed E-state index contributed by atoms with van der Waals surface area (Å²) in [4.78, 5) is 0. The van der Waals surface area contributed by atoms with E-state index in [1.165, 1.54) is 0 Å². The first-order valence-corrected chi connectivity index (χ1v) is 4.68. The molecule has 0 aliphatic rings. The van der Waals surface area contributed by atoms with Crippen molar-refractivity contribution in [2.24, 2.45) is 0 Å². The normalized spacial score (nSPS) is 9.00. The molecule has 5 heavy (non-hydrogen) atoms. The molecule has 5 heteroatoms. The molecule has 0 nitrogen and oxygen atoms in total. The quantitative estimate of drug-likeness (QED) is 0.549. The molecule has 38 valence electrons. The molecular formula is Cl3CoFe. The van der Waals surface area contributed by atoms with E-state index < -0.39 is 10.9 Å². The van der Waals surface area contributed by atoms with Gasteiger partial charge in [-0.05, 0) is 0 Å². The van der Waals surface area contributed by atoms with Gasteiger partial charge in [-0.15, -0.1) is 0 Å². The van der Waals surface area contributed by atoms with Gasteiger partial charge in [0.1, 0.15) is 0 Å². The van der Waals surface area contributed by atoms with Gasteiger partial charge in [-0.2, -0.15) is 0 Å². The van der Waals surface area contributed by atoms with Gasteiger partial charge in [0, 0.05) is 17.1 Å². The van der Waals surface area contributed by atoms with E-state index in [9.17, 15) is 0 Å². The minimum absolute atomic E-state index is 0.